The Hall–Kier alpha value is -6.62. The largest absolute Gasteiger partial charge is 0.508 e. The number of hydrogen-bond acceptors (Lipinski definition) is 10. The Labute approximate surface area is 324 Å². The molecule has 0 spiro atoms. The molecule has 0 aliphatic heterocycles. The Bertz CT molecular complexity index is 2640. The van der Waals surface area contributed by atoms with Gasteiger partial charge in [0.05, 0.1) is 21.3 Å². The molecule has 2 aromatic heterocycles. The van der Waals surface area contributed by atoms with Crippen molar-refractivity contribution in [3.05, 3.63) is 156 Å². The van der Waals surface area contributed by atoms with Gasteiger partial charge in [0.25, 0.3) is 0 Å². The van der Waals surface area contributed by atoms with Crippen molar-refractivity contribution in [2.45, 2.75) is 0 Å². The summed E-state index contributed by atoms with van der Waals surface area (Å²) in [6.45, 7) is 0. The molecular weight excluding hydrogens is 733 g/mol. The summed E-state index contributed by atoms with van der Waals surface area (Å²) in [5.74, 6) is 2.47. The van der Waals surface area contributed by atoms with Gasteiger partial charge in [0, 0.05) is 52.2 Å². The summed E-state index contributed by atoms with van der Waals surface area (Å²) in [5, 5.41) is 30.5. The van der Waals surface area contributed by atoms with E-state index < -0.39 is 0 Å². The lowest BCUT2D eigenvalue weighted by Crippen LogP contribution is -2.02. The number of rotatable bonds is 9. The first-order valence-electron chi connectivity index (χ1n) is 17.0. The molecular formula is C45H34O8S2. The SMILES string of the molecule is COc1ccc(C(=O)c2c(-c3ccc(OC)cc3)sc3cc(OC)ccc23)cc1.O=C(c1ccc(O)cc1)c1c(-c2ccc(O)cc2)sc2cc(O)ccc12. The van der Waals surface area contributed by atoms with Gasteiger partial charge >= 0.3 is 0 Å². The number of fused-ring (bicyclic) bond motifs is 2. The summed E-state index contributed by atoms with van der Waals surface area (Å²) in [7, 11) is 4.89. The summed E-state index contributed by atoms with van der Waals surface area (Å²) in [6.07, 6.45) is 0. The lowest BCUT2D eigenvalue weighted by Gasteiger charge is -2.07. The molecule has 0 saturated carbocycles. The van der Waals surface area contributed by atoms with E-state index in [0.717, 1.165) is 58.3 Å². The summed E-state index contributed by atoms with van der Waals surface area (Å²) >= 11 is 3.00. The van der Waals surface area contributed by atoms with Gasteiger partial charge in [-0.3, -0.25) is 9.59 Å². The minimum Gasteiger partial charge on any atom is -0.508 e. The Kier molecular flexibility index (Phi) is 10.5. The molecule has 55 heavy (non-hydrogen) atoms. The molecule has 0 saturated heterocycles. The van der Waals surface area contributed by atoms with Crippen molar-refractivity contribution in [3.63, 3.8) is 0 Å². The number of ether oxygens (including phenoxy) is 3. The third kappa shape index (κ3) is 7.59. The quantitative estimate of drug-likeness (QED) is 0.124. The zero-order valence-electron chi connectivity index (χ0n) is 29.9. The minimum atomic E-state index is -0.162. The number of phenols is 3. The number of carbonyl (C=O) groups is 2. The van der Waals surface area contributed by atoms with Crippen molar-refractivity contribution in [1.82, 2.24) is 0 Å². The zero-order valence-corrected chi connectivity index (χ0v) is 31.5. The van der Waals surface area contributed by atoms with E-state index in [-0.39, 0.29) is 28.8 Å². The van der Waals surface area contributed by atoms with E-state index in [0.29, 0.717) is 22.3 Å². The highest BCUT2D eigenvalue weighted by Crippen LogP contribution is 2.43. The predicted octanol–water partition coefficient (Wildman–Crippen LogP) is 10.7. The van der Waals surface area contributed by atoms with Crippen molar-refractivity contribution in [1.29, 1.82) is 0 Å². The van der Waals surface area contributed by atoms with Gasteiger partial charge in [0.2, 0.25) is 0 Å². The van der Waals surface area contributed by atoms with E-state index in [1.165, 1.54) is 23.5 Å². The monoisotopic (exact) mass is 766 g/mol. The number of methoxy groups -OCH3 is 3. The van der Waals surface area contributed by atoms with Crippen LogP contribution >= 0.6 is 22.7 Å². The van der Waals surface area contributed by atoms with Gasteiger partial charge in [-0.2, -0.15) is 0 Å². The molecule has 0 fully saturated rings. The number of aromatic hydroxyl groups is 3. The second-order valence-electron chi connectivity index (χ2n) is 12.4. The Morgan fingerprint density at radius 3 is 1.29 bits per heavy atom. The molecule has 0 radical (unpaired) electrons. The molecule has 0 bridgehead atoms. The average molecular weight is 767 g/mol. The van der Waals surface area contributed by atoms with Crippen LogP contribution in [-0.2, 0) is 0 Å². The van der Waals surface area contributed by atoms with Crippen LogP contribution in [-0.4, -0.2) is 48.2 Å². The first-order chi connectivity index (χ1) is 26.7. The van der Waals surface area contributed by atoms with Gasteiger partial charge in [-0.25, -0.2) is 0 Å². The van der Waals surface area contributed by atoms with Crippen molar-refractivity contribution in [3.8, 4) is 55.4 Å². The summed E-state index contributed by atoms with van der Waals surface area (Å²) in [4.78, 5) is 28.4. The van der Waals surface area contributed by atoms with Crippen LogP contribution in [0, 0.1) is 0 Å². The van der Waals surface area contributed by atoms with Crippen molar-refractivity contribution >= 4 is 54.4 Å². The first-order valence-corrected chi connectivity index (χ1v) is 18.6. The topological polar surface area (TPSA) is 123 Å². The van der Waals surface area contributed by atoms with Crippen LogP contribution in [0.2, 0.25) is 0 Å². The third-order valence-electron chi connectivity index (χ3n) is 8.99. The van der Waals surface area contributed by atoms with Crippen molar-refractivity contribution in [2.24, 2.45) is 0 Å². The van der Waals surface area contributed by atoms with Crippen LogP contribution in [0.3, 0.4) is 0 Å². The second-order valence-corrected chi connectivity index (χ2v) is 14.5. The number of benzene rings is 6. The van der Waals surface area contributed by atoms with Crippen LogP contribution in [0.1, 0.15) is 31.8 Å². The fraction of sp³-hybridized carbons (Fsp3) is 0.0667. The van der Waals surface area contributed by atoms with Gasteiger partial charge in [0.1, 0.15) is 34.5 Å². The molecule has 0 aliphatic carbocycles. The molecule has 6 aromatic carbocycles. The Morgan fingerprint density at radius 2 is 0.800 bits per heavy atom. The van der Waals surface area contributed by atoms with Crippen molar-refractivity contribution in [2.75, 3.05) is 21.3 Å². The molecule has 0 aliphatic rings. The summed E-state index contributed by atoms with van der Waals surface area (Å²) in [5.41, 5.74) is 4.12. The molecule has 3 N–H and O–H groups in total. The average Bonchev–Trinajstić information content (AvgIpc) is 3.79. The van der Waals surface area contributed by atoms with E-state index >= 15 is 0 Å². The number of ketones is 2. The summed E-state index contributed by atoms with van der Waals surface area (Å²) in [6, 6.07) is 38.5. The highest BCUT2D eigenvalue weighted by atomic mass is 32.1. The Balaban J connectivity index is 0.000000170. The lowest BCUT2D eigenvalue weighted by atomic mass is 9.97. The fourth-order valence-corrected chi connectivity index (χ4v) is 8.62. The molecule has 274 valence electrons. The fourth-order valence-electron chi connectivity index (χ4n) is 6.15. The highest BCUT2D eigenvalue weighted by molar-refractivity contribution is 7.23. The first kappa shape index (κ1) is 36.7. The zero-order chi connectivity index (χ0) is 38.6. The maximum atomic E-state index is 13.5. The van der Waals surface area contributed by atoms with E-state index in [4.69, 9.17) is 14.2 Å². The molecule has 8 aromatic rings. The minimum absolute atomic E-state index is 0.0186. The Morgan fingerprint density at radius 1 is 0.436 bits per heavy atom. The molecule has 2 heterocycles. The predicted molar refractivity (Wildman–Crippen MR) is 219 cm³/mol. The highest BCUT2D eigenvalue weighted by Gasteiger charge is 2.23. The van der Waals surface area contributed by atoms with E-state index in [1.807, 2.05) is 42.5 Å². The van der Waals surface area contributed by atoms with Gasteiger partial charge in [-0.1, -0.05) is 0 Å². The van der Waals surface area contributed by atoms with Crippen LogP contribution in [0.15, 0.2) is 133 Å². The van der Waals surface area contributed by atoms with Gasteiger partial charge in [-0.05, 0) is 145 Å². The maximum Gasteiger partial charge on any atom is 0.195 e. The van der Waals surface area contributed by atoms with E-state index in [1.54, 1.807) is 112 Å². The van der Waals surface area contributed by atoms with E-state index in [2.05, 4.69) is 0 Å². The lowest BCUT2D eigenvalue weighted by molar-refractivity contribution is 0.103. The maximum absolute atomic E-state index is 13.5. The summed E-state index contributed by atoms with van der Waals surface area (Å²) < 4.78 is 17.7. The van der Waals surface area contributed by atoms with E-state index in [9.17, 15) is 24.9 Å². The molecule has 8 rings (SSSR count). The molecule has 0 atom stereocenters. The molecule has 10 heteroatoms. The smallest absolute Gasteiger partial charge is 0.195 e. The van der Waals surface area contributed by atoms with Crippen molar-refractivity contribution < 1.29 is 39.1 Å². The molecule has 0 amide bonds. The normalized spacial score (nSPS) is 10.8. The van der Waals surface area contributed by atoms with Crippen LogP contribution in [0.4, 0.5) is 0 Å². The van der Waals surface area contributed by atoms with Gasteiger partial charge in [0.15, 0.2) is 11.6 Å². The number of carbonyl (C=O) groups excluding carboxylic acids is 2. The van der Waals surface area contributed by atoms with Gasteiger partial charge in [-0.15, -0.1) is 22.7 Å². The van der Waals surface area contributed by atoms with Crippen LogP contribution < -0.4 is 14.2 Å². The molecule has 0 unspecified atom stereocenters. The molecule has 8 nitrogen and oxygen atoms in total. The van der Waals surface area contributed by atoms with Crippen LogP contribution in [0.5, 0.6) is 34.5 Å². The number of phenolic OH excluding ortho intramolecular Hbond substituents is 3. The third-order valence-corrected chi connectivity index (χ3v) is 11.4. The second kappa shape index (κ2) is 15.8. The standard InChI is InChI=1S/C24H20O4S.C21H14O4S/c1-26-17-8-4-15(5-9-17)23(25)22-20-13-12-19(28-3)14-21(20)29-24(22)16-6-10-18(27-2)11-7-16;22-14-5-1-12(2-6-14)20(25)19-17-10-9-16(24)11-18(17)26-21(19)13-3-7-15(23)8-4-13/h4-14H,1-3H3;1-11,22-24H. The number of thiophene rings is 2. The van der Waals surface area contributed by atoms with Gasteiger partial charge < -0.3 is 29.5 Å². The van der Waals surface area contributed by atoms with Crippen LogP contribution in [0.25, 0.3) is 41.1 Å². The number of hydrogen-bond donors (Lipinski definition) is 3.